The Morgan fingerprint density at radius 2 is 1.90 bits per heavy atom. The van der Waals surface area contributed by atoms with Gasteiger partial charge in [0.15, 0.2) is 0 Å². The van der Waals surface area contributed by atoms with Crippen LogP contribution in [0.5, 0.6) is 0 Å². The summed E-state index contributed by atoms with van der Waals surface area (Å²) >= 11 is 0. The molecule has 0 atom stereocenters. The van der Waals surface area contributed by atoms with Gasteiger partial charge in [-0.15, -0.1) is 0 Å². The molecule has 0 unspecified atom stereocenters. The molecular formula is C21H20N4O4. The first-order valence-electron chi connectivity index (χ1n) is 8.71. The van der Waals surface area contributed by atoms with Gasteiger partial charge < -0.3 is 15.8 Å². The molecule has 0 aromatic heterocycles. The van der Waals surface area contributed by atoms with Crippen LogP contribution in [0.1, 0.15) is 24.2 Å². The number of carbonyl (C=O) groups excluding carboxylic acids is 3. The van der Waals surface area contributed by atoms with Gasteiger partial charge in [-0.25, -0.2) is 4.79 Å². The third kappa shape index (κ3) is 5.68. The standard InChI is InChI=1S/C21H20N4O4/c1-3-29-21(28)15-7-9-18(10-8-15)24-20(27)16(12-22)13-25(14(2)26)19-6-4-5-17(23)11-19/h4-11,13H,3,23H2,1-2H3,(H,24,27)/b16-13-. The summed E-state index contributed by atoms with van der Waals surface area (Å²) in [4.78, 5) is 37.3. The second-order valence-electron chi connectivity index (χ2n) is 5.89. The minimum atomic E-state index is -0.702. The van der Waals surface area contributed by atoms with Gasteiger partial charge in [-0.3, -0.25) is 14.5 Å². The largest absolute Gasteiger partial charge is 0.462 e. The summed E-state index contributed by atoms with van der Waals surface area (Å²) in [6.45, 7) is 3.27. The molecular weight excluding hydrogens is 372 g/mol. The van der Waals surface area contributed by atoms with Gasteiger partial charge in [-0.05, 0) is 49.4 Å². The molecule has 0 aliphatic heterocycles. The first kappa shape index (κ1) is 21.2. The molecule has 3 N–H and O–H groups in total. The van der Waals surface area contributed by atoms with E-state index in [0.717, 1.165) is 6.20 Å². The van der Waals surface area contributed by atoms with Gasteiger partial charge in [0.1, 0.15) is 11.6 Å². The van der Waals surface area contributed by atoms with E-state index in [0.29, 0.717) is 22.6 Å². The van der Waals surface area contributed by atoms with Crippen molar-refractivity contribution in [2.75, 3.05) is 22.6 Å². The number of rotatable bonds is 6. The minimum absolute atomic E-state index is 0.257. The van der Waals surface area contributed by atoms with Gasteiger partial charge in [0.05, 0.1) is 17.9 Å². The minimum Gasteiger partial charge on any atom is -0.462 e. The zero-order chi connectivity index (χ0) is 21.4. The van der Waals surface area contributed by atoms with Crippen LogP contribution in [0.2, 0.25) is 0 Å². The predicted octanol–water partition coefficient (Wildman–Crippen LogP) is 2.84. The Labute approximate surface area is 168 Å². The fourth-order valence-corrected chi connectivity index (χ4v) is 2.39. The van der Waals surface area contributed by atoms with E-state index in [1.165, 1.54) is 36.1 Å². The summed E-state index contributed by atoms with van der Waals surface area (Å²) in [5, 5.41) is 11.9. The van der Waals surface area contributed by atoms with Gasteiger partial charge in [0, 0.05) is 24.5 Å². The van der Waals surface area contributed by atoms with Crippen molar-refractivity contribution in [2.45, 2.75) is 13.8 Å². The van der Waals surface area contributed by atoms with E-state index >= 15 is 0 Å². The van der Waals surface area contributed by atoms with Gasteiger partial charge in [0.2, 0.25) is 5.91 Å². The number of nitriles is 1. The monoisotopic (exact) mass is 392 g/mol. The fraction of sp³-hybridized carbons (Fsp3) is 0.143. The zero-order valence-electron chi connectivity index (χ0n) is 16.0. The van der Waals surface area contributed by atoms with E-state index in [1.54, 1.807) is 37.3 Å². The van der Waals surface area contributed by atoms with Crippen molar-refractivity contribution in [1.29, 1.82) is 5.26 Å². The maximum absolute atomic E-state index is 12.5. The maximum atomic E-state index is 12.5. The number of benzene rings is 2. The summed E-state index contributed by atoms with van der Waals surface area (Å²) in [6, 6.07) is 14.3. The lowest BCUT2D eigenvalue weighted by molar-refractivity contribution is -0.116. The maximum Gasteiger partial charge on any atom is 0.338 e. The molecule has 0 aliphatic rings. The molecule has 0 spiro atoms. The Bertz CT molecular complexity index is 990. The Morgan fingerprint density at radius 1 is 1.21 bits per heavy atom. The zero-order valence-corrected chi connectivity index (χ0v) is 16.0. The summed E-state index contributed by atoms with van der Waals surface area (Å²) in [5.74, 6) is -1.57. The number of anilines is 3. The number of amides is 2. The highest BCUT2D eigenvalue weighted by Crippen LogP contribution is 2.19. The van der Waals surface area contributed by atoms with Crippen LogP contribution in [-0.4, -0.2) is 24.4 Å². The van der Waals surface area contributed by atoms with Crippen LogP contribution < -0.4 is 16.0 Å². The first-order valence-corrected chi connectivity index (χ1v) is 8.71. The van der Waals surface area contributed by atoms with Gasteiger partial charge in [-0.1, -0.05) is 6.07 Å². The molecule has 29 heavy (non-hydrogen) atoms. The van der Waals surface area contributed by atoms with Crippen LogP contribution in [-0.2, 0) is 14.3 Å². The number of hydrogen-bond acceptors (Lipinski definition) is 6. The number of nitrogens with two attached hydrogens (primary N) is 1. The quantitative estimate of drug-likeness (QED) is 0.337. The molecule has 0 fully saturated rings. The molecule has 2 rings (SSSR count). The molecule has 8 heteroatoms. The second kappa shape index (κ2) is 9.71. The molecule has 0 heterocycles. The topological polar surface area (TPSA) is 126 Å². The Hall–Kier alpha value is -4.12. The fourth-order valence-electron chi connectivity index (χ4n) is 2.39. The summed E-state index contributed by atoms with van der Waals surface area (Å²) in [6.07, 6.45) is 1.15. The van der Waals surface area contributed by atoms with E-state index in [9.17, 15) is 19.6 Å². The lowest BCUT2D eigenvalue weighted by atomic mass is 10.2. The molecule has 0 radical (unpaired) electrons. The van der Waals surface area contributed by atoms with Crippen LogP contribution in [0.15, 0.2) is 60.3 Å². The van der Waals surface area contributed by atoms with Crippen LogP contribution in [0.4, 0.5) is 17.1 Å². The van der Waals surface area contributed by atoms with Crippen LogP contribution in [0.25, 0.3) is 0 Å². The first-order chi connectivity index (χ1) is 13.8. The van der Waals surface area contributed by atoms with Crippen LogP contribution in [0.3, 0.4) is 0 Å². The Balaban J connectivity index is 2.21. The molecule has 8 nitrogen and oxygen atoms in total. The normalized spacial score (nSPS) is 10.6. The highest BCUT2D eigenvalue weighted by atomic mass is 16.5. The van der Waals surface area contributed by atoms with Crippen molar-refractivity contribution >= 4 is 34.8 Å². The number of ether oxygens (including phenoxy) is 1. The van der Waals surface area contributed by atoms with Gasteiger partial charge in [-0.2, -0.15) is 5.26 Å². The second-order valence-corrected chi connectivity index (χ2v) is 5.89. The van der Waals surface area contributed by atoms with Crippen molar-refractivity contribution in [3.63, 3.8) is 0 Å². The molecule has 0 bridgehead atoms. The van der Waals surface area contributed by atoms with E-state index < -0.39 is 17.8 Å². The van der Waals surface area contributed by atoms with Crippen molar-refractivity contribution in [3.05, 3.63) is 65.9 Å². The number of nitrogen functional groups attached to an aromatic ring is 1. The van der Waals surface area contributed by atoms with E-state index in [2.05, 4.69) is 5.32 Å². The third-order valence-corrected chi connectivity index (χ3v) is 3.76. The van der Waals surface area contributed by atoms with Crippen molar-refractivity contribution < 1.29 is 19.1 Å². The number of esters is 1. The highest BCUT2D eigenvalue weighted by Gasteiger charge is 2.16. The van der Waals surface area contributed by atoms with E-state index in [4.69, 9.17) is 10.5 Å². The molecule has 148 valence electrons. The van der Waals surface area contributed by atoms with Gasteiger partial charge in [0.25, 0.3) is 5.91 Å². The molecule has 2 amide bonds. The average molecular weight is 392 g/mol. The van der Waals surface area contributed by atoms with Crippen molar-refractivity contribution in [2.24, 2.45) is 0 Å². The molecule has 0 saturated carbocycles. The number of nitrogens with one attached hydrogen (secondary N) is 1. The summed E-state index contributed by atoms with van der Waals surface area (Å²) in [7, 11) is 0. The smallest absolute Gasteiger partial charge is 0.338 e. The van der Waals surface area contributed by atoms with E-state index in [-0.39, 0.29) is 12.2 Å². The molecule has 2 aromatic carbocycles. The lowest BCUT2D eigenvalue weighted by Gasteiger charge is -2.17. The van der Waals surface area contributed by atoms with Crippen LogP contribution >= 0.6 is 0 Å². The number of carbonyl (C=O) groups is 3. The SMILES string of the molecule is CCOC(=O)c1ccc(NC(=O)/C(C#N)=C\N(C(C)=O)c2cccc(N)c2)cc1. The highest BCUT2D eigenvalue weighted by molar-refractivity contribution is 6.08. The summed E-state index contributed by atoms with van der Waals surface area (Å²) < 4.78 is 4.90. The summed E-state index contributed by atoms with van der Waals surface area (Å²) in [5.41, 5.74) is 7.04. The number of hydrogen-bond donors (Lipinski definition) is 2. The molecule has 0 saturated heterocycles. The van der Waals surface area contributed by atoms with Crippen molar-refractivity contribution in [3.8, 4) is 6.07 Å². The molecule has 2 aromatic rings. The Morgan fingerprint density at radius 3 is 2.45 bits per heavy atom. The van der Waals surface area contributed by atoms with Gasteiger partial charge >= 0.3 is 5.97 Å². The lowest BCUT2D eigenvalue weighted by Crippen LogP contribution is -2.25. The average Bonchev–Trinajstić information content (AvgIpc) is 2.69. The van der Waals surface area contributed by atoms with Crippen LogP contribution in [0, 0.1) is 11.3 Å². The van der Waals surface area contributed by atoms with E-state index in [1.807, 2.05) is 0 Å². The predicted molar refractivity (Wildman–Crippen MR) is 109 cm³/mol. The Kier molecular flexibility index (Phi) is 7.09. The van der Waals surface area contributed by atoms with Crippen molar-refractivity contribution in [1.82, 2.24) is 0 Å². The number of nitrogens with zero attached hydrogens (tertiary/aromatic N) is 2. The molecule has 0 aliphatic carbocycles. The third-order valence-electron chi connectivity index (χ3n) is 3.76.